The van der Waals surface area contributed by atoms with E-state index in [0.29, 0.717) is 45.6 Å². The average Bonchev–Trinajstić information content (AvgIpc) is 3.26. The average molecular weight is 474 g/mol. The van der Waals surface area contributed by atoms with Crippen LogP contribution in [0.2, 0.25) is 0 Å². The first-order valence-electron chi connectivity index (χ1n) is 11.7. The molecule has 1 aromatic heterocycles. The van der Waals surface area contributed by atoms with E-state index in [9.17, 15) is 19.8 Å². The van der Waals surface area contributed by atoms with Crippen LogP contribution in [0, 0.1) is 5.92 Å². The topological polar surface area (TPSA) is 121 Å². The lowest BCUT2D eigenvalue weighted by Gasteiger charge is -2.35. The minimum Gasteiger partial charge on any atom is -0.478 e. The minimum absolute atomic E-state index is 0.00516. The zero-order valence-electron chi connectivity index (χ0n) is 20.1. The summed E-state index contributed by atoms with van der Waals surface area (Å²) in [5.74, 6) is -0.959. The molecule has 3 atom stereocenters. The third-order valence-electron chi connectivity index (χ3n) is 6.16. The van der Waals surface area contributed by atoms with Gasteiger partial charge in [-0.25, -0.2) is 4.79 Å². The highest BCUT2D eigenvalue weighted by Gasteiger charge is 2.28. The number of carboxylic acids is 1. The summed E-state index contributed by atoms with van der Waals surface area (Å²) in [5.41, 5.74) is 1.89. The molecule has 10 heteroatoms. The number of ether oxygens (including phenoxy) is 1. The maximum atomic E-state index is 13.0. The number of benzene rings is 1. The molecule has 0 spiro atoms. The number of likely N-dealkylation sites (N-methyl/N-ethyl adjacent to an activating group) is 1. The lowest BCUT2D eigenvalue weighted by atomic mass is 10.0. The second kappa shape index (κ2) is 12.0. The zero-order valence-corrected chi connectivity index (χ0v) is 20.1. The Morgan fingerprint density at radius 1 is 1.38 bits per heavy atom. The summed E-state index contributed by atoms with van der Waals surface area (Å²) in [4.78, 5) is 28.1. The van der Waals surface area contributed by atoms with Crippen molar-refractivity contribution in [3.05, 3.63) is 47.3 Å². The molecule has 2 aromatic rings. The van der Waals surface area contributed by atoms with Gasteiger partial charge in [0.2, 0.25) is 5.91 Å². The van der Waals surface area contributed by atoms with E-state index in [4.69, 9.17) is 4.74 Å². The van der Waals surface area contributed by atoms with Gasteiger partial charge in [-0.3, -0.25) is 14.4 Å². The summed E-state index contributed by atoms with van der Waals surface area (Å²) < 4.78 is 8.01. The lowest BCUT2D eigenvalue weighted by molar-refractivity contribution is -0.136. The molecule has 2 heterocycles. The van der Waals surface area contributed by atoms with E-state index < -0.39 is 5.97 Å². The summed E-state index contributed by atoms with van der Waals surface area (Å²) in [6.07, 6.45) is 2.64. The fourth-order valence-corrected chi connectivity index (χ4v) is 4.18. The van der Waals surface area contributed by atoms with Crippen LogP contribution in [-0.4, -0.2) is 85.8 Å². The molecule has 34 heavy (non-hydrogen) atoms. The molecule has 0 saturated heterocycles. The van der Waals surface area contributed by atoms with Crippen LogP contribution in [-0.2, 0) is 29.2 Å². The van der Waals surface area contributed by atoms with Crippen LogP contribution in [0.5, 0.6) is 0 Å². The number of aromatic nitrogens is 3. The van der Waals surface area contributed by atoms with E-state index >= 15 is 0 Å². The van der Waals surface area contributed by atoms with Crippen molar-refractivity contribution in [2.75, 3.05) is 26.7 Å². The lowest BCUT2D eigenvalue weighted by Crippen LogP contribution is -2.47. The number of hydrogen-bond donors (Lipinski definition) is 2. The van der Waals surface area contributed by atoms with Crippen LogP contribution in [0.25, 0.3) is 0 Å². The van der Waals surface area contributed by atoms with Crippen LogP contribution in [0.3, 0.4) is 0 Å². The molecule has 186 valence electrons. The molecule has 2 N–H and O–H groups in total. The molecule has 0 radical (unpaired) electrons. The highest BCUT2D eigenvalue weighted by Crippen LogP contribution is 2.18. The number of amides is 1. The highest BCUT2D eigenvalue weighted by molar-refractivity contribution is 5.87. The predicted molar refractivity (Wildman–Crippen MR) is 125 cm³/mol. The number of nitrogens with zero attached hydrogens (tertiary/aromatic N) is 5. The maximum Gasteiger partial charge on any atom is 0.335 e. The maximum absolute atomic E-state index is 13.0. The smallest absolute Gasteiger partial charge is 0.335 e. The number of carboxylic acid groups (broad SMARTS) is 1. The van der Waals surface area contributed by atoms with E-state index in [0.717, 1.165) is 11.3 Å². The van der Waals surface area contributed by atoms with Crippen molar-refractivity contribution in [3.63, 3.8) is 0 Å². The number of aryl methyl sites for hydroxylation is 1. The first-order chi connectivity index (χ1) is 16.3. The van der Waals surface area contributed by atoms with Crippen LogP contribution in [0.15, 0.2) is 30.5 Å². The predicted octanol–water partition coefficient (Wildman–Crippen LogP) is 1.63. The van der Waals surface area contributed by atoms with Gasteiger partial charge in [-0.1, -0.05) is 24.3 Å². The molecular formula is C24H35N5O5. The molecule has 2 bridgehead atoms. The van der Waals surface area contributed by atoms with Gasteiger partial charge in [-0.15, -0.1) is 5.10 Å². The second-order valence-corrected chi connectivity index (χ2v) is 9.18. The van der Waals surface area contributed by atoms with E-state index in [1.54, 1.807) is 27.8 Å². The van der Waals surface area contributed by atoms with Crippen molar-refractivity contribution in [1.29, 1.82) is 0 Å². The Balaban J connectivity index is 1.76. The highest BCUT2D eigenvalue weighted by atomic mass is 16.5. The number of carbonyl (C=O) groups excluding carboxylic acids is 1. The standard InChI is InChI=1S/C24H35N5O5/c1-17-11-29(18(2)15-30)23(31)8-5-9-28-13-21(25-26-28)16-34-22(17)14-27(3)12-19-6-4-7-20(10-19)24(32)33/h4,6-7,10,13,17-18,22,30H,5,8-9,11-12,14-16H2,1-3H3,(H,32,33)/t17-,18-,22+/m1/s1. The Hall–Kier alpha value is -2.82. The van der Waals surface area contributed by atoms with Crippen LogP contribution in [0.4, 0.5) is 0 Å². The Bertz CT molecular complexity index is 965. The van der Waals surface area contributed by atoms with Crippen LogP contribution < -0.4 is 0 Å². The normalized spacial score (nSPS) is 21.0. The Labute approximate surface area is 200 Å². The molecule has 0 aliphatic carbocycles. The second-order valence-electron chi connectivity index (χ2n) is 9.18. The number of carbonyl (C=O) groups is 2. The van der Waals surface area contributed by atoms with E-state index in [1.807, 2.05) is 33.2 Å². The summed E-state index contributed by atoms with van der Waals surface area (Å²) in [6, 6.07) is 6.62. The van der Waals surface area contributed by atoms with Gasteiger partial charge in [-0.2, -0.15) is 0 Å². The van der Waals surface area contributed by atoms with Gasteiger partial charge >= 0.3 is 5.97 Å². The SMILES string of the molecule is C[C@@H]1CN([C@H](C)CO)C(=O)CCCn2cc(nn2)CO[C@H]1CN(C)Cc1cccc(C(=O)O)c1. The monoisotopic (exact) mass is 473 g/mol. The van der Waals surface area contributed by atoms with E-state index in [1.165, 1.54) is 0 Å². The Morgan fingerprint density at radius 2 is 2.18 bits per heavy atom. The summed E-state index contributed by atoms with van der Waals surface area (Å²) in [6.45, 7) is 6.29. The van der Waals surface area contributed by atoms with Crippen LogP contribution >= 0.6 is 0 Å². The molecule has 1 amide bonds. The molecule has 1 aliphatic rings. The van der Waals surface area contributed by atoms with Crippen molar-refractivity contribution < 1.29 is 24.5 Å². The number of aliphatic hydroxyl groups excluding tert-OH is 1. The van der Waals surface area contributed by atoms with Gasteiger partial charge in [0.1, 0.15) is 5.69 Å². The van der Waals surface area contributed by atoms with Gasteiger partial charge in [0.25, 0.3) is 0 Å². The van der Waals surface area contributed by atoms with Crippen molar-refractivity contribution in [2.24, 2.45) is 5.92 Å². The molecule has 0 saturated carbocycles. The first kappa shape index (κ1) is 25.8. The van der Waals surface area contributed by atoms with Crippen molar-refractivity contribution in [1.82, 2.24) is 24.8 Å². The van der Waals surface area contributed by atoms with Gasteiger partial charge < -0.3 is 19.8 Å². The third kappa shape index (κ3) is 7.09. The quantitative estimate of drug-likeness (QED) is 0.623. The van der Waals surface area contributed by atoms with Crippen LogP contribution in [0.1, 0.15) is 48.3 Å². The van der Waals surface area contributed by atoms with Gasteiger partial charge in [0.15, 0.2) is 0 Å². The zero-order chi connectivity index (χ0) is 24.7. The number of aliphatic hydroxyl groups is 1. The van der Waals surface area contributed by atoms with Crippen molar-refractivity contribution in [2.45, 2.75) is 58.5 Å². The number of hydrogen-bond acceptors (Lipinski definition) is 7. The van der Waals surface area contributed by atoms with Gasteiger partial charge in [0.05, 0.1) is 37.1 Å². The molecular weight excluding hydrogens is 438 g/mol. The summed E-state index contributed by atoms with van der Waals surface area (Å²) in [5, 5.41) is 27.3. The Kier molecular flexibility index (Phi) is 9.14. The van der Waals surface area contributed by atoms with Gasteiger partial charge in [-0.05, 0) is 38.1 Å². The third-order valence-corrected chi connectivity index (χ3v) is 6.16. The molecule has 0 fully saturated rings. The fourth-order valence-electron chi connectivity index (χ4n) is 4.18. The molecule has 1 aromatic carbocycles. The molecule has 3 rings (SSSR count). The molecule has 1 aliphatic heterocycles. The van der Waals surface area contributed by atoms with Crippen molar-refractivity contribution >= 4 is 11.9 Å². The fraction of sp³-hybridized carbons (Fsp3) is 0.583. The van der Waals surface area contributed by atoms with Crippen molar-refractivity contribution in [3.8, 4) is 0 Å². The largest absolute Gasteiger partial charge is 0.478 e. The molecule has 10 nitrogen and oxygen atoms in total. The number of aromatic carboxylic acids is 1. The number of fused-ring (bicyclic) bond motifs is 2. The van der Waals surface area contributed by atoms with Gasteiger partial charge in [0, 0.05) is 38.5 Å². The number of rotatable bonds is 7. The minimum atomic E-state index is -0.951. The Morgan fingerprint density at radius 3 is 2.91 bits per heavy atom. The van der Waals surface area contributed by atoms with E-state index in [2.05, 4.69) is 15.2 Å². The molecule has 0 unspecified atom stereocenters. The summed E-state index contributed by atoms with van der Waals surface area (Å²) >= 11 is 0. The first-order valence-corrected chi connectivity index (χ1v) is 11.7. The summed E-state index contributed by atoms with van der Waals surface area (Å²) in [7, 11) is 1.96. The van der Waals surface area contributed by atoms with E-state index in [-0.39, 0.29) is 36.1 Å².